The number of fused-ring (bicyclic) bond motifs is 3. The minimum atomic E-state index is 0.282. The zero-order valence-electron chi connectivity index (χ0n) is 11.9. The molecule has 0 aliphatic rings. The van der Waals surface area contributed by atoms with E-state index in [0.29, 0.717) is 6.73 Å². The molecule has 3 aromatic rings. The predicted octanol–water partition coefficient (Wildman–Crippen LogP) is 3.17. The van der Waals surface area contributed by atoms with Crippen molar-refractivity contribution in [3.8, 4) is 5.75 Å². The Morgan fingerprint density at radius 1 is 1.05 bits per heavy atom. The van der Waals surface area contributed by atoms with E-state index in [9.17, 15) is 5.11 Å². The molecule has 0 atom stereocenters. The standard InChI is InChI=1S/C16H18N2O2/c1-17(2)11-4-6-15-13(8-11)14-9-12(19)5-7-16(14)18(15)10-20-3/h4-9,19H,10H2,1-3H3. The van der Waals surface area contributed by atoms with Crippen LogP contribution in [-0.4, -0.2) is 30.9 Å². The summed E-state index contributed by atoms with van der Waals surface area (Å²) in [5.41, 5.74) is 3.31. The predicted molar refractivity (Wildman–Crippen MR) is 82.4 cm³/mol. The average Bonchev–Trinajstić information content (AvgIpc) is 2.73. The van der Waals surface area contributed by atoms with E-state index in [2.05, 4.69) is 27.7 Å². The smallest absolute Gasteiger partial charge is 0.123 e. The van der Waals surface area contributed by atoms with Crippen LogP contribution in [-0.2, 0) is 11.5 Å². The number of nitrogens with zero attached hydrogens (tertiary/aromatic N) is 2. The molecule has 0 saturated carbocycles. The van der Waals surface area contributed by atoms with Gasteiger partial charge in [0, 0.05) is 37.7 Å². The van der Waals surface area contributed by atoms with Gasteiger partial charge in [-0.15, -0.1) is 0 Å². The lowest BCUT2D eigenvalue weighted by molar-refractivity contribution is 0.138. The van der Waals surface area contributed by atoms with Crippen LogP contribution in [0.25, 0.3) is 21.8 Å². The molecule has 0 aliphatic carbocycles. The number of ether oxygens (including phenoxy) is 1. The molecule has 3 rings (SSSR count). The molecule has 1 aromatic heterocycles. The van der Waals surface area contributed by atoms with Crippen LogP contribution in [0, 0.1) is 0 Å². The maximum absolute atomic E-state index is 9.76. The first-order valence-electron chi connectivity index (χ1n) is 6.53. The van der Waals surface area contributed by atoms with Gasteiger partial charge in [-0.1, -0.05) is 0 Å². The fourth-order valence-corrected chi connectivity index (χ4v) is 2.63. The summed E-state index contributed by atoms with van der Waals surface area (Å²) in [6, 6.07) is 11.8. The Labute approximate surface area is 117 Å². The molecule has 0 bridgehead atoms. The van der Waals surface area contributed by atoms with Crippen molar-refractivity contribution < 1.29 is 9.84 Å². The Morgan fingerprint density at radius 2 is 1.70 bits per heavy atom. The van der Waals surface area contributed by atoms with Gasteiger partial charge in [0.15, 0.2) is 0 Å². The van der Waals surface area contributed by atoms with Crippen molar-refractivity contribution in [3.63, 3.8) is 0 Å². The number of methoxy groups -OCH3 is 1. The quantitative estimate of drug-likeness (QED) is 0.794. The fourth-order valence-electron chi connectivity index (χ4n) is 2.63. The molecular weight excluding hydrogens is 252 g/mol. The molecule has 104 valence electrons. The molecule has 1 heterocycles. The van der Waals surface area contributed by atoms with Gasteiger partial charge < -0.3 is 19.3 Å². The van der Waals surface area contributed by atoms with E-state index in [1.807, 2.05) is 26.2 Å². The number of rotatable bonds is 3. The van der Waals surface area contributed by atoms with Crippen LogP contribution in [0.5, 0.6) is 5.75 Å². The van der Waals surface area contributed by atoms with Gasteiger partial charge in [0.1, 0.15) is 12.5 Å². The molecule has 0 aliphatic heterocycles. The summed E-state index contributed by atoms with van der Waals surface area (Å²) in [5, 5.41) is 11.9. The maximum atomic E-state index is 9.76. The third-order valence-corrected chi connectivity index (χ3v) is 3.61. The van der Waals surface area contributed by atoms with Crippen LogP contribution in [0.2, 0.25) is 0 Å². The van der Waals surface area contributed by atoms with E-state index >= 15 is 0 Å². The highest BCUT2D eigenvalue weighted by Crippen LogP contribution is 2.33. The number of anilines is 1. The number of aromatic hydroxyl groups is 1. The van der Waals surface area contributed by atoms with E-state index in [4.69, 9.17) is 4.74 Å². The second-order valence-electron chi connectivity index (χ2n) is 5.14. The molecule has 0 amide bonds. The minimum absolute atomic E-state index is 0.282. The molecule has 0 unspecified atom stereocenters. The molecule has 2 aromatic carbocycles. The Kier molecular flexibility index (Phi) is 3.03. The van der Waals surface area contributed by atoms with E-state index in [-0.39, 0.29) is 5.75 Å². The Bertz CT molecular complexity index is 775. The minimum Gasteiger partial charge on any atom is -0.508 e. The van der Waals surface area contributed by atoms with Gasteiger partial charge in [-0.05, 0) is 36.4 Å². The molecule has 0 saturated heterocycles. The number of phenolic OH excluding ortho intramolecular Hbond substituents is 1. The van der Waals surface area contributed by atoms with E-state index in [0.717, 1.165) is 27.5 Å². The third kappa shape index (κ3) is 1.89. The second kappa shape index (κ2) is 4.72. The summed E-state index contributed by atoms with van der Waals surface area (Å²) in [4.78, 5) is 2.07. The first kappa shape index (κ1) is 12.8. The molecule has 20 heavy (non-hydrogen) atoms. The summed E-state index contributed by atoms with van der Waals surface area (Å²) in [5.74, 6) is 0.282. The molecule has 0 fully saturated rings. The van der Waals surface area contributed by atoms with Gasteiger partial charge in [-0.2, -0.15) is 0 Å². The van der Waals surface area contributed by atoms with E-state index in [1.54, 1.807) is 13.2 Å². The van der Waals surface area contributed by atoms with Gasteiger partial charge >= 0.3 is 0 Å². The Balaban J connectivity index is 2.40. The summed E-state index contributed by atoms with van der Waals surface area (Å²) in [6.45, 7) is 0.492. The van der Waals surface area contributed by atoms with Crippen molar-refractivity contribution in [2.75, 3.05) is 26.1 Å². The van der Waals surface area contributed by atoms with Crippen molar-refractivity contribution in [1.82, 2.24) is 4.57 Å². The average molecular weight is 270 g/mol. The van der Waals surface area contributed by atoms with E-state index < -0.39 is 0 Å². The summed E-state index contributed by atoms with van der Waals surface area (Å²) in [7, 11) is 5.73. The summed E-state index contributed by atoms with van der Waals surface area (Å²) < 4.78 is 7.42. The number of hydrogen-bond acceptors (Lipinski definition) is 3. The lowest BCUT2D eigenvalue weighted by Crippen LogP contribution is -2.08. The van der Waals surface area contributed by atoms with Crippen molar-refractivity contribution >= 4 is 27.5 Å². The zero-order chi connectivity index (χ0) is 14.3. The topological polar surface area (TPSA) is 37.6 Å². The number of hydrogen-bond donors (Lipinski definition) is 1. The van der Waals surface area contributed by atoms with Crippen LogP contribution in [0.1, 0.15) is 0 Å². The SMILES string of the molecule is COCn1c2ccc(O)cc2c2cc(N(C)C)ccc21. The van der Waals surface area contributed by atoms with Crippen molar-refractivity contribution in [3.05, 3.63) is 36.4 Å². The van der Waals surface area contributed by atoms with Crippen LogP contribution in [0.15, 0.2) is 36.4 Å². The molecule has 0 radical (unpaired) electrons. The maximum Gasteiger partial charge on any atom is 0.123 e. The Morgan fingerprint density at radius 3 is 2.35 bits per heavy atom. The fraction of sp³-hybridized carbons (Fsp3) is 0.250. The second-order valence-corrected chi connectivity index (χ2v) is 5.14. The third-order valence-electron chi connectivity index (χ3n) is 3.61. The lowest BCUT2D eigenvalue weighted by Gasteiger charge is -2.12. The van der Waals surface area contributed by atoms with Gasteiger partial charge in [0.05, 0.1) is 11.0 Å². The first-order chi connectivity index (χ1) is 9.61. The molecule has 1 N–H and O–H groups in total. The van der Waals surface area contributed by atoms with Crippen LogP contribution < -0.4 is 4.90 Å². The Hall–Kier alpha value is -2.20. The largest absolute Gasteiger partial charge is 0.508 e. The van der Waals surface area contributed by atoms with Crippen molar-refractivity contribution in [2.45, 2.75) is 6.73 Å². The zero-order valence-corrected chi connectivity index (χ0v) is 11.9. The highest BCUT2D eigenvalue weighted by Gasteiger charge is 2.12. The molecule has 4 heteroatoms. The van der Waals surface area contributed by atoms with Gasteiger partial charge in [-0.3, -0.25) is 0 Å². The number of phenols is 1. The summed E-state index contributed by atoms with van der Waals surface area (Å²) in [6.07, 6.45) is 0. The van der Waals surface area contributed by atoms with Crippen LogP contribution >= 0.6 is 0 Å². The van der Waals surface area contributed by atoms with Gasteiger partial charge in [0.2, 0.25) is 0 Å². The summed E-state index contributed by atoms with van der Waals surface area (Å²) >= 11 is 0. The number of aromatic nitrogens is 1. The van der Waals surface area contributed by atoms with Gasteiger partial charge in [-0.25, -0.2) is 0 Å². The van der Waals surface area contributed by atoms with Crippen molar-refractivity contribution in [1.29, 1.82) is 0 Å². The van der Waals surface area contributed by atoms with Crippen LogP contribution in [0.3, 0.4) is 0 Å². The van der Waals surface area contributed by atoms with Gasteiger partial charge in [0.25, 0.3) is 0 Å². The van der Waals surface area contributed by atoms with Crippen molar-refractivity contribution in [2.24, 2.45) is 0 Å². The highest BCUT2D eigenvalue weighted by atomic mass is 16.5. The highest BCUT2D eigenvalue weighted by molar-refractivity contribution is 6.09. The number of benzene rings is 2. The monoisotopic (exact) mass is 270 g/mol. The lowest BCUT2D eigenvalue weighted by atomic mass is 10.1. The van der Waals surface area contributed by atoms with E-state index in [1.165, 1.54) is 0 Å². The molecule has 0 spiro atoms. The van der Waals surface area contributed by atoms with Crippen LogP contribution in [0.4, 0.5) is 5.69 Å². The molecule has 4 nitrogen and oxygen atoms in total. The first-order valence-corrected chi connectivity index (χ1v) is 6.53. The molecular formula is C16H18N2O2. The normalized spacial score (nSPS) is 11.3.